The van der Waals surface area contributed by atoms with Crippen LogP contribution in [0.5, 0.6) is 0 Å². The number of hydrogen-bond acceptors (Lipinski definition) is 6. The molecule has 2 bridgehead atoms. The highest BCUT2D eigenvalue weighted by Gasteiger charge is 2.58. The Morgan fingerprint density at radius 2 is 1.78 bits per heavy atom. The van der Waals surface area contributed by atoms with Crippen molar-refractivity contribution in [1.82, 2.24) is 10.6 Å². The zero-order valence-corrected chi connectivity index (χ0v) is 21.7. The summed E-state index contributed by atoms with van der Waals surface area (Å²) in [5.41, 5.74) is -0.350. The molecule has 2 aliphatic heterocycles. The maximum atomic E-state index is 12.8. The van der Waals surface area contributed by atoms with Gasteiger partial charge < -0.3 is 26.0 Å². The summed E-state index contributed by atoms with van der Waals surface area (Å²) in [4.78, 5) is 37.7. The normalized spacial score (nSPS) is 46.1. The molecule has 3 aliphatic carbocycles. The summed E-state index contributed by atoms with van der Waals surface area (Å²) < 4.78 is 0. The predicted octanol–water partition coefficient (Wildman–Crippen LogP) is 2.18. The first-order chi connectivity index (χ1) is 17.7. The summed E-state index contributed by atoms with van der Waals surface area (Å²) in [7, 11) is 0. The Labute approximate surface area is 218 Å². The molecule has 202 valence electrons. The lowest BCUT2D eigenvalue weighted by Gasteiger charge is -2.44. The van der Waals surface area contributed by atoms with Crippen molar-refractivity contribution >= 4 is 17.6 Å². The van der Waals surface area contributed by atoms with E-state index in [9.17, 15) is 29.7 Å². The second-order valence-electron chi connectivity index (χ2n) is 11.9. The van der Waals surface area contributed by atoms with Crippen LogP contribution in [0.4, 0.5) is 0 Å². The van der Waals surface area contributed by atoms with Crippen LogP contribution in [0.25, 0.3) is 0 Å². The van der Waals surface area contributed by atoms with Gasteiger partial charge in [0.1, 0.15) is 17.4 Å². The fourth-order valence-electron chi connectivity index (χ4n) is 8.51. The number of rotatable bonds is 1. The molecule has 0 aromatic rings. The molecule has 2 amide bonds. The lowest BCUT2D eigenvalue weighted by molar-refractivity contribution is -0.118. The second kappa shape index (κ2) is 10.4. The van der Waals surface area contributed by atoms with E-state index in [0.717, 1.165) is 6.42 Å². The molecule has 5 N–H and O–H groups in total. The lowest BCUT2D eigenvalue weighted by Crippen LogP contribution is -2.43. The standard InChI is InChI=1S/C29H40N2O6/c1-3-15-11-17-12-19-18-5-4-6-23(35)30-10-9-21(33)27-28(36)26(29(37)31-27)20(32)8-7-16(18)13-22(34)25(19)24(17)14(15)2/h4,6-8,14-19,21-22,24-25,27,32-34H,3,5,9-13H2,1-2H3,(H,30,35)(H,31,37)/b6-4-,8-7+,26-20?/t14-,15-,16+,17+,18-,19+,21?,22-,24+,25-,27?/m0/s1. The molecule has 2 heterocycles. The zero-order valence-electron chi connectivity index (χ0n) is 21.7. The Balaban J connectivity index is 1.47. The molecule has 8 nitrogen and oxygen atoms in total. The van der Waals surface area contributed by atoms with Crippen LogP contribution < -0.4 is 10.6 Å². The predicted molar refractivity (Wildman–Crippen MR) is 137 cm³/mol. The molecule has 0 aromatic heterocycles. The van der Waals surface area contributed by atoms with Crippen molar-refractivity contribution in [1.29, 1.82) is 0 Å². The van der Waals surface area contributed by atoms with Crippen molar-refractivity contribution in [2.75, 3.05) is 6.54 Å². The molecule has 5 aliphatic rings. The minimum atomic E-state index is -1.19. The Morgan fingerprint density at radius 1 is 1.00 bits per heavy atom. The van der Waals surface area contributed by atoms with Gasteiger partial charge in [-0.05, 0) is 91.6 Å². The topological polar surface area (TPSA) is 136 Å². The van der Waals surface area contributed by atoms with Crippen LogP contribution in [0.3, 0.4) is 0 Å². The summed E-state index contributed by atoms with van der Waals surface area (Å²) in [5, 5.41) is 37.7. The van der Waals surface area contributed by atoms with E-state index < -0.39 is 35.7 Å². The SMILES string of the molecule is CC[C@H]1C[C@@H]2C[C@@H]3[C@H]4C/C=C\C(=O)NCCC(O)C5NC(=O)C(=C(O)/C=C/[C@@H]4C[C@H](O)[C@H]3[C@@H]2[C@H]1C)C5=O. The molecule has 11 atom stereocenters. The molecule has 0 spiro atoms. The number of Topliss-reactive ketones (excluding diaryl/α,β-unsaturated/α-hetero) is 1. The number of carbonyl (C=O) groups excluding carboxylic acids is 3. The maximum Gasteiger partial charge on any atom is 0.259 e. The van der Waals surface area contributed by atoms with E-state index in [0.29, 0.717) is 42.4 Å². The average Bonchev–Trinajstić information content (AvgIpc) is 3.48. The molecule has 37 heavy (non-hydrogen) atoms. The molecule has 4 fully saturated rings. The van der Waals surface area contributed by atoms with Gasteiger partial charge in [0.15, 0.2) is 5.78 Å². The fraction of sp³-hybridized carbons (Fsp3) is 0.690. The smallest absolute Gasteiger partial charge is 0.259 e. The molecule has 0 aromatic carbocycles. The Hall–Kier alpha value is -2.45. The number of hydrogen-bond donors (Lipinski definition) is 5. The highest BCUT2D eigenvalue weighted by Crippen LogP contribution is 2.62. The highest BCUT2D eigenvalue weighted by molar-refractivity contribution is 6.27. The highest BCUT2D eigenvalue weighted by atomic mass is 16.3. The van der Waals surface area contributed by atoms with Crippen LogP contribution in [0, 0.1) is 47.3 Å². The summed E-state index contributed by atoms with van der Waals surface area (Å²) in [6.45, 7) is 4.76. The Morgan fingerprint density at radius 3 is 2.54 bits per heavy atom. The number of amides is 2. The molecule has 1 saturated heterocycles. The first-order valence-electron chi connectivity index (χ1n) is 14.0. The third-order valence-corrected chi connectivity index (χ3v) is 10.2. The van der Waals surface area contributed by atoms with Gasteiger partial charge in [0.2, 0.25) is 5.91 Å². The van der Waals surface area contributed by atoms with E-state index in [1.54, 1.807) is 0 Å². The minimum Gasteiger partial charge on any atom is -0.507 e. The van der Waals surface area contributed by atoms with E-state index in [4.69, 9.17) is 0 Å². The largest absolute Gasteiger partial charge is 0.507 e. The van der Waals surface area contributed by atoms with Crippen molar-refractivity contribution < 1.29 is 29.7 Å². The van der Waals surface area contributed by atoms with E-state index in [1.807, 2.05) is 12.2 Å². The van der Waals surface area contributed by atoms with Crippen LogP contribution in [0.15, 0.2) is 35.6 Å². The lowest BCUT2D eigenvalue weighted by atomic mass is 9.62. The quantitative estimate of drug-likeness (QED) is 0.342. The minimum absolute atomic E-state index is 0.0725. The van der Waals surface area contributed by atoms with Crippen molar-refractivity contribution in [2.45, 2.75) is 70.6 Å². The number of allylic oxidation sites excluding steroid dienone is 3. The maximum absolute atomic E-state index is 12.8. The molecular weight excluding hydrogens is 472 g/mol. The monoisotopic (exact) mass is 512 g/mol. The summed E-state index contributed by atoms with van der Waals surface area (Å²) in [5.74, 6) is 1.03. The number of carbonyl (C=O) groups is 3. The molecule has 5 rings (SSSR count). The van der Waals surface area contributed by atoms with Gasteiger partial charge in [0, 0.05) is 6.54 Å². The first kappa shape index (κ1) is 26.2. The van der Waals surface area contributed by atoms with Crippen molar-refractivity contribution in [3.63, 3.8) is 0 Å². The van der Waals surface area contributed by atoms with Crippen LogP contribution in [-0.4, -0.2) is 57.7 Å². The molecule has 2 unspecified atom stereocenters. The molecule has 8 heteroatoms. The van der Waals surface area contributed by atoms with Crippen LogP contribution in [0.2, 0.25) is 0 Å². The third kappa shape index (κ3) is 4.67. The molecule has 3 saturated carbocycles. The fourth-order valence-corrected chi connectivity index (χ4v) is 8.51. The van der Waals surface area contributed by atoms with Gasteiger partial charge in [0.25, 0.3) is 5.91 Å². The first-order valence-corrected chi connectivity index (χ1v) is 14.0. The summed E-state index contributed by atoms with van der Waals surface area (Å²) in [6.07, 6.45) is 9.79. The van der Waals surface area contributed by atoms with E-state index >= 15 is 0 Å². The van der Waals surface area contributed by atoms with Crippen LogP contribution >= 0.6 is 0 Å². The van der Waals surface area contributed by atoms with Gasteiger partial charge in [-0.1, -0.05) is 32.4 Å². The Kier molecular flexibility index (Phi) is 7.33. The van der Waals surface area contributed by atoms with E-state index in [2.05, 4.69) is 24.5 Å². The van der Waals surface area contributed by atoms with Crippen molar-refractivity contribution in [3.8, 4) is 0 Å². The van der Waals surface area contributed by atoms with Gasteiger partial charge >= 0.3 is 0 Å². The molecule has 0 radical (unpaired) electrons. The van der Waals surface area contributed by atoms with Crippen molar-refractivity contribution in [3.05, 3.63) is 35.6 Å². The second-order valence-corrected chi connectivity index (χ2v) is 11.9. The van der Waals surface area contributed by atoms with Gasteiger partial charge in [-0.3, -0.25) is 14.4 Å². The van der Waals surface area contributed by atoms with Gasteiger partial charge in [-0.25, -0.2) is 0 Å². The van der Waals surface area contributed by atoms with Gasteiger partial charge in [-0.2, -0.15) is 0 Å². The van der Waals surface area contributed by atoms with Crippen molar-refractivity contribution in [2.24, 2.45) is 47.3 Å². The van der Waals surface area contributed by atoms with Crippen LogP contribution in [0.1, 0.15) is 52.4 Å². The number of nitrogens with one attached hydrogen (secondary N) is 2. The number of ketones is 1. The third-order valence-electron chi connectivity index (χ3n) is 10.2. The Bertz CT molecular complexity index is 1030. The number of fused-ring (bicyclic) bond motifs is 7. The zero-order chi connectivity index (χ0) is 26.4. The summed E-state index contributed by atoms with van der Waals surface area (Å²) >= 11 is 0. The molecular formula is C29H40N2O6. The van der Waals surface area contributed by atoms with Gasteiger partial charge in [0.05, 0.1) is 12.2 Å². The average molecular weight is 513 g/mol. The van der Waals surface area contributed by atoms with E-state index in [1.165, 1.54) is 25.0 Å². The summed E-state index contributed by atoms with van der Waals surface area (Å²) in [6, 6.07) is -1.16. The van der Waals surface area contributed by atoms with Crippen LogP contribution in [-0.2, 0) is 14.4 Å². The number of aliphatic hydroxyl groups is 3. The van der Waals surface area contributed by atoms with Gasteiger partial charge in [-0.15, -0.1) is 0 Å². The number of aliphatic hydroxyl groups excluding tert-OH is 3. The van der Waals surface area contributed by atoms with E-state index in [-0.39, 0.29) is 42.2 Å².